The summed E-state index contributed by atoms with van der Waals surface area (Å²) in [4.78, 5) is 7.75. The summed E-state index contributed by atoms with van der Waals surface area (Å²) in [5.74, 6) is 1.93. The summed E-state index contributed by atoms with van der Waals surface area (Å²) in [6.07, 6.45) is 0.879. The molecule has 2 rings (SSSR count). The number of H-pyrrole nitrogens is 1. The van der Waals surface area contributed by atoms with Gasteiger partial charge in [0, 0.05) is 23.1 Å². The third kappa shape index (κ3) is 3.14. The molecule has 0 bridgehead atoms. The van der Waals surface area contributed by atoms with Crippen molar-refractivity contribution in [2.45, 2.75) is 18.6 Å². The SMILES string of the molecule is CC(CO)SCCc1nc2ccc(N)cc2[nH]1. The second-order valence-electron chi connectivity index (χ2n) is 4.07. The van der Waals surface area contributed by atoms with Gasteiger partial charge >= 0.3 is 0 Å². The maximum absolute atomic E-state index is 8.92. The Morgan fingerprint density at radius 1 is 1.53 bits per heavy atom. The molecule has 1 aromatic carbocycles. The van der Waals surface area contributed by atoms with E-state index in [1.807, 2.05) is 25.1 Å². The predicted molar refractivity (Wildman–Crippen MR) is 73.2 cm³/mol. The summed E-state index contributed by atoms with van der Waals surface area (Å²) >= 11 is 1.75. The number of nitrogens with one attached hydrogen (secondary N) is 1. The number of aliphatic hydroxyl groups excluding tert-OH is 1. The maximum Gasteiger partial charge on any atom is 0.108 e. The van der Waals surface area contributed by atoms with Gasteiger partial charge in [0.1, 0.15) is 5.82 Å². The van der Waals surface area contributed by atoms with Crippen LogP contribution in [0.15, 0.2) is 18.2 Å². The molecular weight excluding hydrogens is 234 g/mol. The Bertz CT molecular complexity index is 497. The molecule has 1 heterocycles. The number of nitrogens with zero attached hydrogens (tertiary/aromatic N) is 1. The molecule has 0 aliphatic carbocycles. The number of rotatable bonds is 5. The largest absolute Gasteiger partial charge is 0.399 e. The monoisotopic (exact) mass is 251 g/mol. The number of hydrogen-bond donors (Lipinski definition) is 3. The van der Waals surface area contributed by atoms with Crippen LogP contribution < -0.4 is 5.73 Å². The molecule has 4 nitrogen and oxygen atoms in total. The number of imidazole rings is 1. The molecule has 0 aliphatic heterocycles. The van der Waals surface area contributed by atoms with E-state index in [0.29, 0.717) is 0 Å². The smallest absolute Gasteiger partial charge is 0.108 e. The van der Waals surface area contributed by atoms with Gasteiger partial charge in [-0.1, -0.05) is 6.92 Å². The van der Waals surface area contributed by atoms with Crippen molar-refractivity contribution < 1.29 is 5.11 Å². The van der Waals surface area contributed by atoms with E-state index in [1.165, 1.54) is 0 Å². The first-order valence-electron chi connectivity index (χ1n) is 5.65. The fraction of sp³-hybridized carbons (Fsp3) is 0.417. The van der Waals surface area contributed by atoms with Crippen LogP contribution in [0.4, 0.5) is 5.69 Å². The first kappa shape index (κ1) is 12.3. The van der Waals surface area contributed by atoms with Crippen molar-refractivity contribution in [1.29, 1.82) is 0 Å². The average Bonchev–Trinajstić information content (AvgIpc) is 2.70. The zero-order valence-electron chi connectivity index (χ0n) is 9.81. The number of aliphatic hydroxyl groups is 1. The summed E-state index contributed by atoms with van der Waals surface area (Å²) < 4.78 is 0. The minimum Gasteiger partial charge on any atom is -0.399 e. The molecule has 1 aromatic heterocycles. The van der Waals surface area contributed by atoms with Gasteiger partial charge in [-0.3, -0.25) is 0 Å². The second kappa shape index (κ2) is 5.42. The van der Waals surface area contributed by atoms with Gasteiger partial charge in [0.25, 0.3) is 0 Å². The molecule has 2 aromatic rings. The third-order valence-corrected chi connectivity index (χ3v) is 3.71. The Kier molecular flexibility index (Phi) is 3.91. The molecule has 0 saturated heterocycles. The van der Waals surface area contributed by atoms with E-state index in [0.717, 1.165) is 34.7 Å². The van der Waals surface area contributed by atoms with Crippen LogP contribution >= 0.6 is 11.8 Å². The van der Waals surface area contributed by atoms with Gasteiger partial charge in [0.2, 0.25) is 0 Å². The lowest BCUT2D eigenvalue weighted by atomic mass is 10.3. The highest BCUT2D eigenvalue weighted by molar-refractivity contribution is 7.99. The fourth-order valence-corrected chi connectivity index (χ4v) is 2.43. The zero-order valence-corrected chi connectivity index (χ0v) is 10.6. The van der Waals surface area contributed by atoms with Crippen molar-refractivity contribution in [3.63, 3.8) is 0 Å². The lowest BCUT2D eigenvalue weighted by molar-refractivity contribution is 0.300. The highest BCUT2D eigenvalue weighted by atomic mass is 32.2. The highest BCUT2D eigenvalue weighted by Gasteiger charge is 2.05. The van der Waals surface area contributed by atoms with Crippen molar-refractivity contribution in [1.82, 2.24) is 9.97 Å². The Hall–Kier alpha value is -1.20. The number of hydrogen-bond acceptors (Lipinski definition) is 4. The van der Waals surface area contributed by atoms with E-state index >= 15 is 0 Å². The lowest BCUT2D eigenvalue weighted by Gasteiger charge is -2.05. The van der Waals surface area contributed by atoms with Crippen LogP contribution in [0.3, 0.4) is 0 Å². The summed E-state index contributed by atoms with van der Waals surface area (Å²) in [5.41, 5.74) is 8.40. The molecule has 92 valence electrons. The number of nitrogen functional groups attached to an aromatic ring is 1. The summed E-state index contributed by atoms with van der Waals surface area (Å²) in [6.45, 7) is 2.24. The first-order chi connectivity index (χ1) is 8.19. The van der Waals surface area contributed by atoms with Gasteiger partial charge in [-0.2, -0.15) is 11.8 Å². The van der Waals surface area contributed by atoms with Crippen LogP contribution in [0.1, 0.15) is 12.7 Å². The van der Waals surface area contributed by atoms with Gasteiger partial charge in [0.05, 0.1) is 17.6 Å². The molecule has 0 radical (unpaired) electrons. The van der Waals surface area contributed by atoms with E-state index in [2.05, 4.69) is 9.97 Å². The van der Waals surface area contributed by atoms with Crippen molar-refractivity contribution >= 4 is 28.5 Å². The molecule has 0 saturated carbocycles. The van der Waals surface area contributed by atoms with Gasteiger partial charge in [0.15, 0.2) is 0 Å². The third-order valence-electron chi connectivity index (χ3n) is 2.55. The van der Waals surface area contributed by atoms with Crippen molar-refractivity contribution in [2.75, 3.05) is 18.1 Å². The van der Waals surface area contributed by atoms with Crippen molar-refractivity contribution in [3.05, 3.63) is 24.0 Å². The van der Waals surface area contributed by atoms with E-state index in [4.69, 9.17) is 10.8 Å². The standard InChI is InChI=1S/C12H17N3OS/c1-8(7-16)17-5-4-12-14-10-3-2-9(13)6-11(10)15-12/h2-3,6,8,16H,4-5,7,13H2,1H3,(H,14,15). The van der Waals surface area contributed by atoms with E-state index in [9.17, 15) is 0 Å². The zero-order chi connectivity index (χ0) is 12.3. The molecule has 4 N–H and O–H groups in total. The molecule has 0 aliphatic rings. The molecule has 0 fully saturated rings. The lowest BCUT2D eigenvalue weighted by Crippen LogP contribution is -2.04. The minimum atomic E-state index is 0.224. The van der Waals surface area contributed by atoms with E-state index in [-0.39, 0.29) is 11.9 Å². The topological polar surface area (TPSA) is 74.9 Å². The molecule has 0 amide bonds. The Morgan fingerprint density at radius 2 is 2.35 bits per heavy atom. The van der Waals surface area contributed by atoms with Crippen LogP contribution in [0, 0.1) is 0 Å². The van der Waals surface area contributed by atoms with Crippen LogP contribution in [0.25, 0.3) is 11.0 Å². The minimum absolute atomic E-state index is 0.224. The van der Waals surface area contributed by atoms with Crippen LogP contribution in [-0.2, 0) is 6.42 Å². The van der Waals surface area contributed by atoms with Gasteiger partial charge in [-0.05, 0) is 18.2 Å². The Balaban J connectivity index is 1.99. The molecule has 5 heteroatoms. The van der Waals surface area contributed by atoms with Crippen molar-refractivity contribution in [3.8, 4) is 0 Å². The molecular formula is C12H17N3OS. The highest BCUT2D eigenvalue weighted by Crippen LogP contribution is 2.17. The second-order valence-corrected chi connectivity index (χ2v) is 5.62. The Morgan fingerprint density at radius 3 is 3.12 bits per heavy atom. The number of aryl methyl sites for hydroxylation is 1. The van der Waals surface area contributed by atoms with Crippen molar-refractivity contribution in [2.24, 2.45) is 0 Å². The number of anilines is 1. The number of aromatic nitrogens is 2. The molecule has 0 spiro atoms. The normalized spacial score (nSPS) is 13.1. The number of fused-ring (bicyclic) bond motifs is 1. The van der Waals surface area contributed by atoms with Gasteiger partial charge in [-0.15, -0.1) is 0 Å². The van der Waals surface area contributed by atoms with E-state index in [1.54, 1.807) is 11.8 Å². The molecule has 1 atom stereocenters. The van der Waals surface area contributed by atoms with Crippen LogP contribution in [0.2, 0.25) is 0 Å². The Labute approximate surface area is 105 Å². The van der Waals surface area contributed by atoms with Gasteiger partial charge < -0.3 is 15.8 Å². The number of thioether (sulfide) groups is 1. The fourth-order valence-electron chi connectivity index (χ4n) is 1.61. The molecule has 1 unspecified atom stereocenters. The van der Waals surface area contributed by atoms with E-state index < -0.39 is 0 Å². The number of nitrogens with two attached hydrogens (primary N) is 1. The summed E-state index contributed by atoms with van der Waals surface area (Å²) in [6, 6.07) is 5.68. The summed E-state index contributed by atoms with van der Waals surface area (Å²) in [7, 11) is 0. The quantitative estimate of drug-likeness (QED) is 0.708. The number of benzene rings is 1. The molecule has 17 heavy (non-hydrogen) atoms. The number of aromatic amines is 1. The maximum atomic E-state index is 8.92. The van der Waals surface area contributed by atoms with Crippen LogP contribution in [-0.4, -0.2) is 32.7 Å². The van der Waals surface area contributed by atoms with Gasteiger partial charge in [-0.25, -0.2) is 4.98 Å². The summed E-state index contributed by atoms with van der Waals surface area (Å²) in [5, 5.41) is 9.21. The predicted octanol–water partition coefficient (Wildman–Crippen LogP) is 1.80. The first-order valence-corrected chi connectivity index (χ1v) is 6.70. The van der Waals surface area contributed by atoms with Crippen LogP contribution in [0.5, 0.6) is 0 Å². The average molecular weight is 251 g/mol.